The Labute approximate surface area is 152 Å². The Morgan fingerprint density at radius 3 is 2.58 bits per heavy atom. The van der Waals surface area contributed by atoms with Crippen LogP contribution in [0.1, 0.15) is 18.4 Å². The smallest absolute Gasteiger partial charge is 0.156 e. The van der Waals surface area contributed by atoms with Gasteiger partial charge in [0.1, 0.15) is 0 Å². The fourth-order valence-corrected chi connectivity index (χ4v) is 3.29. The number of hydrogen-bond acceptors (Lipinski definition) is 4. The molecule has 5 heteroatoms. The molecular weight excluding hydrogens is 322 g/mol. The van der Waals surface area contributed by atoms with Crippen LogP contribution in [0, 0.1) is 5.41 Å². The van der Waals surface area contributed by atoms with E-state index in [-0.39, 0.29) is 17.8 Å². The minimum absolute atomic E-state index is 0. The second-order valence-corrected chi connectivity index (χ2v) is 6.63. The zero-order valence-electron chi connectivity index (χ0n) is 14.8. The highest BCUT2D eigenvalue weighted by molar-refractivity contribution is 5.87. The van der Waals surface area contributed by atoms with Crippen LogP contribution in [-0.4, -0.2) is 56.1 Å². The van der Waals surface area contributed by atoms with Gasteiger partial charge in [0.15, 0.2) is 5.78 Å². The van der Waals surface area contributed by atoms with E-state index in [9.17, 15) is 4.79 Å². The highest BCUT2D eigenvalue weighted by Crippen LogP contribution is 2.32. The van der Waals surface area contributed by atoms with Gasteiger partial charge in [-0.2, -0.15) is 0 Å². The van der Waals surface area contributed by atoms with Crippen molar-refractivity contribution in [3.05, 3.63) is 48.6 Å². The van der Waals surface area contributed by atoms with Crippen LogP contribution in [-0.2, 0) is 11.2 Å². The summed E-state index contributed by atoms with van der Waals surface area (Å²) in [6.45, 7) is 6.70. The lowest BCUT2D eigenvalue weighted by Gasteiger charge is -2.39. The lowest BCUT2D eigenvalue weighted by molar-refractivity contribution is -0.134. The average Bonchev–Trinajstić information content (AvgIpc) is 2.56. The van der Waals surface area contributed by atoms with Crippen LogP contribution >= 0.6 is 12.4 Å². The van der Waals surface area contributed by atoms with Crippen LogP contribution in [0.25, 0.3) is 0 Å². The molecule has 0 unspecified atom stereocenters. The fraction of sp³-hybridized carbons (Fsp3) is 0.526. The lowest BCUT2D eigenvalue weighted by Crippen LogP contribution is -2.52. The number of nitrogens with zero attached hydrogens (tertiary/aromatic N) is 2. The average molecular weight is 352 g/mol. The predicted molar refractivity (Wildman–Crippen MR) is 102 cm³/mol. The second-order valence-electron chi connectivity index (χ2n) is 6.63. The third-order valence-corrected chi connectivity index (χ3v) is 4.68. The van der Waals surface area contributed by atoms with Gasteiger partial charge in [-0.05, 0) is 31.4 Å². The zero-order valence-corrected chi connectivity index (χ0v) is 15.6. The van der Waals surface area contributed by atoms with Gasteiger partial charge in [-0.25, -0.2) is 10.0 Å². The van der Waals surface area contributed by atoms with Gasteiger partial charge in [-0.15, -0.1) is 19.0 Å². The SMILES string of the molecule is C=CCN(CC(=O)[C@@]1(Cc2ccccc2)CCCNC1)N(C)C.Cl. The zero-order chi connectivity index (χ0) is 16.7. The summed E-state index contributed by atoms with van der Waals surface area (Å²) in [7, 11) is 3.94. The molecular formula is C19H30ClN3O. The molecule has 1 aliphatic heterocycles. The van der Waals surface area contributed by atoms with Gasteiger partial charge in [-0.1, -0.05) is 36.4 Å². The van der Waals surface area contributed by atoms with E-state index >= 15 is 0 Å². The lowest BCUT2D eigenvalue weighted by atomic mass is 9.72. The maximum atomic E-state index is 13.2. The van der Waals surface area contributed by atoms with Crippen molar-refractivity contribution in [2.75, 3.05) is 40.3 Å². The molecule has 1 fully saturated rings. The van der Waals surface area contributed by atoms with Gasteiger partial charge in [0.25, 0.3) is 0 Å². The molecule has 0 saturated carbocycles. The normalized spacial score (nSPS) is 20.7. The molecule has 1 N–H and O–H groups in total. The summed E-state index contributed by atoms with van der Waals surface area (Å²) < 4.78 is 0. The van der Waals surface area contributed by atoms with E-state index in [4.69, 9.17) is 0 Å². The van der Waals surface area contributed by atoms with E-state index in [1.165, 1.54) is 5.56 Å². The van der Waals surface area contributed by atoms with Crippen LogP contribution < -0.4 is 5.32 Å². The quantitative estimate of drug-likeness (QED) is 0.576. The van der Waals surface area contributed by atoms with Crippen molar-refractivity contribution in [2.24, 2.45) is 5.41 Å². The summed E-state index contributed by atoms with van der Waals surface area (Å²) >= 11 is 0. The first-order valence-corrected chi connectivity index (χ1v) is 8.38. The molecule has 0 aromatic heterocycles. The van der Waals surface area contributed by atoms with Gasteiger partial charge in [-0.3, -0.25) is 4.79 Å². The summed E-state index contributed by atoms with van der Waals surface area (Å²) in [5.41, 5.74) is 0.944. The van der Waals surface area contributed by atoms with Gasteiger partial charge in [0, 0.05) is 32.6 Å². The molecule has 2 rings (SSSR count). The number of hydrogen-bond donors (Lipinski definition) is 1. The number of ketones is 1. The molecule has 1 aromatic rings. The number of piperidine rings is 1. The van der Waals surface area contributed by atoms with Crippen molar-refractivity contribution in [1.82, 2.24) is 15.3 Å². The van der Waals surface area contributed by atoms with Crippen molar-refractivity contribution in [3.8, 4) is 0 Å². The van der Waals surface area contributed by atoms with E-state index in [1.807, 2.05) is 48.4 Å². The molecule has 24 heavy (non-hydrogen) atoms. The third-order valence-electron chi connectivity index (χ3n) is 4.68. The first-order chi connectivity index (χ1) is 11.1. The molecule has 134 valence electrons. The number of halogens is 1. The largest absolute Gasteiger partial charge is 0.316 e. The standard InChI is InChI=1S/C19H29N3O.ClH/c1-4-13-22(21(2)3)15-18(23)19(11-8-12-20-16-19)14-17-9-6-5-7-10-17;/h4-7,9-10,20H,1,8,11-16H2,2-3H3;1H/t19-;/m1./s1. The van der Waals surface area contributed by atoms with Crippen molar-refractivity contribution < 1.29 is 4.79 Å². The Balaban J connectivity index is 0.00000288. The predicted octanol–water partition coefficient (Wildman–Crippen LogP) is 2.55. The van der Waals surface area contributed by atoms with Crippen LogP contribution in [0.3, 0.4) is 0 Å². The van der Waals surface area contributed by atoms with Gasteiger partial charge >= 0.3 is 0 Å². The first kappa shape index (κ1) is 20.8. The minimum atomic E-state index is -0.297. The summed E-state index contributed by atoms with van der Waals surface area (Å²) in [4.78, 5) is 13.2. The number of nitrogens with one attached hydrogen (secondary N) is 1. The number of hydrazine groups is 1. The monoisotopic (exact) mass is 351 g/mol. The Hall–Kier alpha value is -1.20. The third kappa shape index (κ3) is 5.42. The number of carbonyl (C=O) groups is 1. The van der Waals surface area contributed by atoms with Crippen molar-refractivity contribution in [1.29, 1.82) is 0 Å². The molecule has 1 aliphatic rings. The Bertz CT molecular complexity index is 513. The molecule has 0 bridgehead atoms. The van der Waals surface area contributed by atoms with Gasteiger partial charge < -0.3 is 5.32 Å². The van der Waals surface area contributed by atoms with E-state index in [1.54, 1.807) is 0 Å². The number of rotatable bonds is 8. The summed E-state index contributed by atoms with van der Waals surface area (Å²) in [6.07, 6.45) is 4.68. The van der Waals surface area contributed by atoms with Crippen molar-refractivity contribution >= 4 is 18.2 Å². The van der Waals surface area contributed by atoms with Gasteiger partial charge in [0.05, 0.1) is 6.54 Å². The van der Waals surface area contributed by atoms with Gasteiger partial charge in [0.2, 0.25) is 0 Å². The van der Waals surface area contributed by atoms with Crippen LogP contribution in [0.4, 0.5) is 0 Å². The maximum Gasteiger partial charge on any atom is 0.156 e. The Morgan fingerprint density at radius 2 is 2.04 bits per heavy atom. The van der Waals surface area contributed by atoms with E-state index in [0.29, 0.717) is 18.9 Å². The van der Waals surface area contributed by atoms with Crippen molar-refractivity contribution in [3.63, 3.8) is 0 Å². The number of carbonyl (C=O) groups excluding carboxylic acids is 1. The summed E-state index contributed by atoms with van der Waals surface area (Å²) in [5, 5.41) is 7.45. The van der Waals surface area contributed by atoms with Crippen molar-refractivity contribution in [2.45, 2.75) is 19.3 Å². The molecule has 0 radical (unpaired) electrons. The van der Waals surface area contributed by atoms with Crippen LogP contribution in [0.2, 0.25) is 0 Å². The number of Topliss-reactive ketones (excluding diaryl/α,β-unsaturated/α-hetero) is 1. The molecule has 1 saturated heterocycles. The topological polar surface area (TPSA) is 35.6 Å². The van der Waals surface area contributed by atoms with Crippen LogP contribution in [0.15, 0.2) is 43.0 Å². The summed E-state index contributed by atoms with van der Waals surface area (Å²) in [6, 6.07) is 10.4. The summed E-state index contributed by atoms with van der Waals surface area (Å²) in [5.74, 6) is 0.323. The molecule has 0 amide bonds. The Kier molecular flexibility index (Phi) is 8.63. The molecule has 4 nitrogen and oxygen atoms in total. The second kappa shape index (κ2) is 9.94. The molecule has 0 spiro atoms. The highest BCUT2D eigenvalue weighted by atomic mass is 35.5. The minimum Gasteiger partial charge on any atom is -0.316 e. The molecule has 1 heterocycles. The molecule has 1 aromatic carbocycles. The number of benzene rings is 1. The maximum absolute atomic E-state index is 13.2. The van der Waals surface area contributed by atoms with E-state index < -0.39 is 0 Å². The Morgan fingerprint density at radius 1 is 1.33 bits per heavy atom. The van der Waals surface area contributed by atoms with E-state index in [0.717, 1.165) is 32.4 Å². The van der Waals surface area contributed by atoms with E-state index in [2.05, 4.69) is 24.0 Å². The molecule has 0 aliphatic carbocycles. The highest BCUT2D eigenvalue weighted by Gasteiger charge is 2.39. The van der Waals surface area contributed by atoms with Crippen LogP contribution in [0.5, 0.6) is 0 Å². The molecule has 1 atom stereocenters. The first-order valence-electron chi connectivity index (χ1n) is 8.38. The fourth-order valence-electron chi connectivity index (χ4n) is 3.29.